The van der Waals surface area contributed by atoms with Gasteiger partial charge in [0, 0.05) is 0 Å². The number of aromatic nitrogens is 3. The van der Waals surface area contributed by atoms with E-state index in [4.69, 9.17) is 11.6 Å². The van der Waals surface area contributed by atoms with Gasteiger partial charge in [0.05, 0.1) is 22.2 Å². The van der Waals surface area contributed by atoms with Gasteiger partial charge in [-0.05, 0) is 30.7 Å². The van der Waals surface area contributed by atoms with Crippen molar-refractivity contribution in [2.75, 3.05) is 11.1 Å². The number of thioether (sulfide) groups is 1. The van der Waals surface area contributed by atoms with Crippen molar-refractivity contribution in [3.8, 4) is 5.69 Å². The van der Waals surface area contributed by atoms with Crippen molar-refractivity contribution in [3.63, 3.8) is 0 Å². The number of carbonyl (C=O) groups excluding carboxylic acids is 1. The van der Waals surface area contributed by atoms with Crippen LogP contribution in [0.5, 0.6) is 0 Å². The van der Waals surface area contributed by atoms with E-state index in [1.54, 1.807) is 18.5 Å². The molecule has 0 aliphatic heterocycles. The highest BCUT2D eigenvalue weighted by Crippen LogP contribution is 2.23. The third-order valence-corrected chi connectivity index (χ3v) is 4.64. The van der Waals surface area contributed by atoms with Gasteiger partial charge in [0.1, 0.15) is 6.33 Å². The first-order valence-corrected chi connectivity index (χ1v) is 8.64. The molecule has 122 valence electrons. The first-order chi connectivity index (χ1) is 11.6. The number of rotatable bonds is 5. The molecular formula is C17H15ClN4OS. The second-order valence-corrected chi connectivity index (χ2v) is 6.44. The zero-order valence-corrected chi connectivity index (χ0v) is 14.5. The van der Waals surface area contributed by atoms with Crippen LogP contribution in [0.4, 0.5) is 5.69 Å². The molecule has 7 heteroatoms. The molecule has 0 saturated heterocycles. The molecule has 24 heavy (non-hydrogen) atoms. The van der Waals surface area contributed by atoms with Gasteiger partial charge in [-0.25, -0.2) is 0 Å². The van der Waals surface area contributed by atoms with Gasteiger partial charge in [-0.15, -0.1) is 10.2 Å². The van der Waals surface area contributed by atoms with Crippen LogP contribution in [0.15, 0.2) is 60.0 Å². The number of nitrogens with one attached hydrogen (secondary N) is 1. The Balaban J connectivity index is 1.68. The molecule has 3 rings (SSSR count). The molecule has 0 fully saturated rings. The van der Waals surface area contributed by atoms with E-state index in [1.165, 1.54) is 11.8 Å². The molecule has 0 aliphatic carbocycles. The molecule has 0 saturated carbocycles. The maximum absolute atomic E-state index is 12.1. The summed E-state index contributed by atoms with van der Waals surface area (Å²) >= 11 is 7.37. The van der Waals surface area contributed by atoms with Crippen LogP contribution in [0.1, 0.15) is 5.56 Å². The second-order valence-electron chi connectivity index (χ2n) is 5.09. The molecule has 1 N–H and O–H groups in total. The van der Waals surface area contributed by atoms with Gasteiger partial charge in [0.25, 0.3) is 0 Å². The minimum atomic E-state index is -0.146. The van der Waals surface area contributed by atoms with Crippen molar-refractivity contribution in [3.05, 3.63) is 65.4 Å². The van der Waals surface area contributed by atoms with Gasteiger partial charge >= 0.3 is 0 Å². The zero-order valence-electron chi connectivity index (χ0n) is 12.9. The monoisotopic (exact) mass is 358 g/mol. The van der Waals surface area contributed by atoms with Crippen molar-refractivity contribution in [2.24, 2.45) is 0 Å². The van der Waals surface area contributed by atoms with Gasteiger partial charge < -0.3 is 5.32 Å². The smallest absolute Gasteiger partial charge is 0.234 e. The summed E-state index contributed by atoms with van der Waals surface area (Å²) in [6.07, 6.45) is 1.65. The van der Waals surface area contributed by atoms with E-state index >= 15 is 0 Å². The van der Waals surface area contributed by atoms with Crippen LogP contribution in [-0.2, 0) is 4.79 Å². The number of aryl methyl sites for hydroxylation is 1. The van der Waals surface area contributed by atoms with Gasteiger partial charge in [-0.1, -0.05) is 53.7 Å². The molecule has 0 aliphatic rings. The van der Waals surface area contributed by atoms with Crippen LogP contribution in [0, 0.1) is 6.92 Å². The van der Waals surface area contributed by atoms with Crippen LogP contribution in [0.3, 0.4) is 0 Å². The van der Waals surface area contributed by atoms with Crippen LogP contribution >= 0.6 is 23.4 Å². The molecule has 1 heterocycles. The fraction of sp³-hybridized carbons (Fsp3) is 0.118. The normalized spacial score (nSPS) is 10.6. The molecule has 0 unspecified atom stereocenters. The lowest BCUT2D eigenvalue weighted by molar-refractivity contribution is -0.113. The van der Waals surface area contributed by atoms with Gasteiger partial charge in [-0.2, -0.15) is 0 Å². The van der Waals surface area contributed by atoms with E-state index in [0.717, 1.165) is 11.3 Å². The maximum Gasteiger partial charge on any atom is 0.234 e. The Bertz CT molecular complexity index is 865. The molecule has 2 aromatic carbocycles. The molecule has 0 spiro atoms. The molecule has 0 radical (unpaired) electrons. The molecule has 3 aromatic rings. The summed E-state index contributed by atoms with van der Waals surface area (Å²) in [5.41, 5.74) is 2.71. The minimum absolute atomic E-state index is 0.146. The van der Waals surface area contributed by atoms with Crippen LogP contribution in [0.2, 0.25) is 5.02 Å². The van der Waals surface area contributed by atoms with Crippen molar-refractivity contribution >= 4 is 35.0 Å². The lowest BCUT2D eigenvalue weighted by Crippen LogP contribution is -2.14. The largest absolute Gasteiger partial charge is 0.324 e. The topological polar surface area (TPSA) is 59.8 Å². The van der Waals surface area contributed by atoms with E-state index in [1.807, 2.05) is 47.9 Å². The summed E-state index contributed by atoms with van der Waals surface area (Å²) in [5, 5.41) is 12.0. The van der Waals surface area contributed by atoms with E-state index < -0.39 is 0 Å². The third-order valence-electron chi connectivity index (χ3n) is 3.37. The van der Waals surface area contributed by atoms with E-state index in [9.17, 15) is 4.79 Å². The lowest BCUT2D eigenvalue weighted by atomic mass is 10.2. The van der Waals surface area contributed by atoms with Crippen molar-refractivity contribution in [1.29, 1.82) is 0 Å². The predicted molar refractivity (Wildman–Crippen MR) is 96.9 cm³/mol. The summed E-state index contributed by atoms with van der Waals surface area (Å²) in [7, 11) is 0. The number of benzene rings is 2. The molecule has 0 bridgehead atoms. The van der Waals surface area contributed by atoms with Crippen molar-refractivity contribution in [2.45, 2.75) is 12.1 Å². The van der Waals surface area contributed by atoms with Crippen molar-refractivity contribution in [1.82, 2.24) is 14.8 Å². The molecule has 1 amide bonds. The van der Waals surface area contributed by atoms with Crippen molar-refractivity contribution < 1.29 is 4.79 Å². The molecule has 1 aromatic heterocycles. The number of halogens is 1. The number of hydrogen-bond acceptors (Lipinski definition) is 4. The first kappa shape index (κ1) is 16.5. The number of amides is 1. The summed E-state index contributed by atoms with van der Waals surface area (Å²) < 4.78 is 1.88. The number of anilines is 1. The van der Waals surface area contributed by atoms with Gasteiger partial charge in [0.15, 0.2) is 5.16 Å². The number of para-hydroxylation sites is 2. The van der Waals surface area contributed by atoms with E-state index in [-0.39, 0.29) is 11.7 Å². The fourth-order valence-corrected chi connectivity index (χ4v) is 3.11. The lowest BCUT2D eigenvalue weighted by Gasteiger charge is -2.09. The van der Waals surface area contributed by atoms with Gasteiger partial charge in [-0.3, -0.25) is 9.36 Å². The Labute approximate surface area is 149 Å². The summed E-state index contributed by atoms with van der Waals surface area (Å²) in [4.78, 5) is 12.1. The quantitative estimate of drug-likeness (QED) is 0.701. The predicted octanol–water partition coefficient (Wildman–Crippen LogP) is 3.96. The van der Waals surface area contributed by atoms with E-state index in [0.29, 0.717) is 15.9 Å². The number of carbonyl (C=O) groups is 1. The minimum Gasteiger partial charge on any atom is -0.324 e. The SMILES string of the molecule is Cc1ccccc1-n1cnnc1SCC(=O)Nc1ccccc1Cl. The number of hydrogen-bond donors (Lipinski definition) is 1. The Hall–Kier alpha value is -2.31. The Kier molecular flexibility index (Phi) is 5.17. The van der Waals surface area contributed by atoms with Gasteiger partial charge in [0.2, 0.25) is 5.91 Å². The Morgan fingerprint density at radius 2 is 1.96 bits per heavy atom. The highest BCUT2D eigenvalue weighted by molar-refractivity contribution is 7.99. The standard InChI is InChI=1S/C17H15ClN4OS/c1-12-6-2-5-9-15(12)22-11-19-21-17(22)24-10-16(23)20-14-8-4-3-7-13(14)18/h2-9,11H,10H2,1H3,(H,20,23). The third kappa shape index (κ3) is 3.77. The summed E-state index contributed by atoms with van der Waals surface area (Å²) in [6.45, 7) is 2.02. The van der Waals surface area contributed by atoms with Crippen LogP contribution < -0.4 is 5.32 Å². The average molecular weight is 359 g/mol. The van der Waals surface area contributed by atoms with Crippen LogP contribution in [-0.4, -0.2) is 26.4 Å². The summed E-state index contributed by atoms with van der Waals surface area (Å²) in [5.74, 6) is 0.0722. The fourth-order valence-electron chi connectivity index (χ4n) is 2.20. The first-order valence-electron chi connectivity index (χ1n) is 7.28. The molecular weight excluding hydrogens is 344 g/mol. The highest BCUT2D eigenvalue weighted by Gasteiger charge is 2.12. The van der Waals surface area contributed by atoms with Crippen LogP contribution in [0.25, 0.3) is 5.69 Å². The second kappa shape index (κ2) is 7.51. The Morgan fingerprint density at radius 1 is 1.21 bits per heavy atom. The number of nitrogens with zero attached hydrogens (tertiary/aromatic N) is 3. The highest BCUT2D eigenvalue weighted by atomic mass is 35.5. The molecule has 0 atom stereocenters. The molecule has 5 nitrogen and oxygen atoms in total. The summed E-state index contributed by atoms with van der Waals surface area (Å²) in [6, 6.07) is 15.1. The maximum atomic E-state index is 12.1. The Morgan fingerprint density at radius 3 is 2.75 bits per heavy atom. The van der Waals surface area contributed by atoms with E-state index in [2.05, 4.69) is 15.5 Å². The zero-order chi connectivity index (χ0) is 16.9. The average Bonchev–Trinajstić information content (AvgIpc) is 3.04.